The SMILES string of the molecule is CNc1cc(Sc2nnc(C)o2)nc(COC)n1. The minimum absolute atomic E-state index is 0.353. The summed E-state index contributed by atoms with van der Waals surface area (Å²) in [6.45, 7) is 2.10. The van der Waals surface area contributed by atoms with Crippen molar-refractivity contribution in [1.82, 2.24) is 20.2 Å². The highest BCUT2D eigenvalue weighted by Gasteiger charge is 2.09. The third-order valence-corrected chi connectivity index (χ3v) is 2.74. The van der Waals surface area contributed by atoms with Crippen LogP contribution in [0.3, 0.4) is 0 Å². The van der Waals surface area contributed by atoms with Crippen molar-refractivity contribution < 1.29 is 9.15 Å². The van der Waals surface area contributed by atoms with Crippen LogP contribution in [-0.4, -0.2) is 34.3 Å². The molecule has 0 aliphatic heterocycles. The first-order valence-corrected chi connectivity index (χ1v) is 6.05. The first-order chi connectivity index (χ1) is 8.71. The first-order valence-electron chi connectivity index (χ1n) is 5.24. The number of rotatable bonds is 5. The van der Waals surface area contributed by atoms with Gasteiger partial charge in [0.05, 0.1) is 0 Å². The average Bonchev–Trinajstić information content (AvgIpc) is 2.75. The molecule has 0 saturated carbocycles. The van der Waals surface area contributed by atoms with E-state index in [0.717, 1.165) is 10.8 Å². The van der Waals surface area contributed by atoms with Gasteiger partial charge in [-0.1, -0.05) is 0 Å². The van der Waals surface area contributed by atoms with Crippen molar-refractivity contribution in [2.45, 2.75) is 23.8 Å². The quantitative estimate of drug-likeness (QED) is 0.816. The third-order valence-electron chi connectivity index (χ3n) is 1.98. The number of hydrogen-bond donors (Lipinski definition) is 1. The van der Waals surface area contributed by atoms with Gasteiger partial charge in [-0.3, -0.25) is 0 Å². The number of nitrogens with zero attached hydrogens (tertiary/aromatic N) is 4. The highest BCUT2D eigenvalue weighted by Crippen LogP contribution is 2.26. The van der Waals surface area contributed by atoms with E-state index in [1.54, 1.807) is 21.1 Å². The van der Waals surface area contributed by atoms with Gasteiger partial charge in [0.25, 0.3) is 5.22 Å². The Hall–Kier alpha value is -1.67. The van der Waals surface area contributed by atoms with E-state index in [9.17, 15) is 0 Å². The first kappa shape index (κ1) is 12.8. The maximum atomic E-state index is 5.29. The zero-order chi connectivity index (χ0) is 13.0. The monoisotopic (exact) mass is 267 g/mol. The second-order valence-corrected chi connectivity index (χ2v) is 4.35. The minimum atomic E-state index is 0.353. The summed E-state index contributed by atoms with van der Waals surface area (Å²) in [7, 11) is 3.40. The maximum absolute atomic E-state index is 5.29. The molecule has 7 nitrogen and oxygen atoms in total. The summed E-state index contributed by atoms with van der Waals surface area (Å²) in [6.07, 6.45) is 0. The smallest absolute Gasteiger partial charge is 0.282 e. The Morgan fingerprint density at radius 3 is 2.83 bits per heavy atom. The summed E-state index contributed by atoms with van der Waals surface area (Å²) < 4.78 is 10.3. The van der Waals surface area contributed by atoms with Crippen molar-refractivity contribution in [2.24, 2.45) is 0 Å². The predicted octanol–water partition coefficient (Wildman–Crippen LogP) is 1.51. The molecule has 96 valence electrons. The van der Waals surface area contributed by atoms with Crippen LogP contribution in [0.1, 0.15) is 11.7 Å². The van der Waals surface area contributed by atoms with Gasteiger partial charge in [-0.2, -0.15) is 0 Å². The van der Waals surface area contributed by atoms with Crippen LogP contribution < -0.4 is 5.32 Å². The van der Waals surface area contributed by atoms with Gasteiger partial charge in [-0.25, -0.2) is 9.97 Å². The molecule has 2 aromatic rings. The molecule has 0 aliphatic carbocycles. The highest BCUT2D eigenvalue weighted by molar-refractivity contribution is 7.99. The zero-order valence-corrected chi connectivity index (χ0v) is 11.1. The summed E-state index contributed by atoms with van der Waals surface area (Å²) in [6, 6.07) is 1.81. The predicted molar refractivity (Wildman–Crippen MR) is 65.4 cm³/mol. The van der Waals surface area contributed by atoms with E-state index in [1.807, 2.05) is 6.07 Å². The van der Waals surface area contributed by atoms with Gasteiger partial charge in [0.15, 0.2) is 5.82 Å². The van der Waals surface area contributed by atoms with E-state index in [4.69, 9.17) is 9.15 Å². The number of hydrogen-bond acceptors (Lipinski definition) is 8. The minimum Gasteiger partial charge on any atom is -0.416 e. The molecule has 0 bridgehead atoms. The number of aromatic nitrogens is 4. The normalized spacial score (nSPS) is 10.6. The molecule has 0 spiro atoms. The van der Waals surface area contributed by atoms with E-state index in [1.165, 1.54) is 11.8 Å². The van der Waals surface area contributed by atoms with Gasteiger partial charge in [0.1, 0.15) is 17.5 Å². The molecule has 0 radical (unpaired) electrons. The van der Waals surface area contributed by atoms with E-state index in [0.29, 0.717) is 23.5 Å². The van der Waals surface area contributed by atoms with Crippen molar-refractivity contribution in [2.75, 3.05) is 19.5 Å². The van der Waals surface area contributed by atoms with Crippen LogP contribution in [0, 0.1) is 6.92 Å². The summed E-state index contributed by atoms with van der Waals surface area (Å²) in [5, 5.41) is 11.8. The number of methoxy groups -OCH3 is 1. The fraction of sp³-hybridized carbons (Fsp3) is 0.400. The number of aryl methyl sites for hydroxylation is 1. The van der Waals surface area contributed by atoms with Crippen LogP contribution in [-0.2, 0) is 11.3 Å². The topological polar surface area (TPSA) is 86.0 Å². The van der Waals surface area contributed by atoms with Gasteiger partial charge >= 0.3 is 0 Å². The molecule has 18 heavy (non-hydrogen) atoms. The molecular weight excluding hydrogens is 254 g/mol. The molecule has 8 heteroatoms. The van der Waals surface area contributed by atoms with E-state index in [-0.39, 0.29) is 0 Å². The molecule has 0 saturated heterocycles. The van der Waals surface area contributed by atoms with Crippen molar-refractivity contribution >= 4 is 17.6 Å². The molecule has 2 rings (SSSR count). The molecule has 0 fully saturated rings. The summed E-state index contributed by atoms with van der Waals surface area (Å²) in [4.78, 5) is 8.60. The van der Waals surface area contributed by atoms with Crippen LogP contribution in [0.5, 0.6) is 0 Å². The summed E-state index contributed by atoms with van der Waals surface area (Å²) >= 11 is 1.29. The van der Waals surface area contributed by atoms with Gasteiger partial charge in [-0.15, -0.1) is 10.2 Å². The van der Waals surface area contributed by atoms with Crippen LogP contribution in [0.2, 0.25) is 0 Å². The molecule has 2 aromatic heterocycles. The lowest BCUT2D eigenvalue weighted by molar-refractivity contribution is 0.177. The molecule has 0 unspecified atom stereocenters. The van der Waals surface area contributed by atoms with Gasteiger partial charge in [-0.05, 0) is 11.8 Å². The maximum Gasteiger partial charge on any atom is 0.282 e. The van der Waals surface area contributed by atoms with Crippen molar-refractivity contribution in [1.29, 1.82) is 0 Å². The van der Waals surface area contributed by atoms with Crippen molar-refractivity contribution in [3.05, 3.63) is 17.8 Å². The zero-order valence-electron chi connectivity index (χ0n) is 10.3. The molecule has 1 N–H and O–H groups in total. The fourth-order valence-corrected chi connectivity index (χ4v) is 2.00. The Kier molecular flexibility index (Phi) is 4.11. The van der Waals surface area contributed by atoms with E-state index >= 15 is 0 Å². The van der Waals surface area contributed by atoms with Gasteiger partial charge in [0, 0.05) is 27.1 Å². The molecule has 0 atom stereocenters. The number of ether oxygens (including phenoxy) is 1. The van der Waals surface area contributed by atoms with Crippen LogP contribution in [0.15, 0.2) is 20.7 Å². The Bertz CT molecular complexity index is 531. The lowest BCUT2D eigenvalue weighted by Crippen LogP contribution is -2.02. The largest absolute Gasteiger partial charge is 0.416 e. The Balaban J connectivity index is 2.23. The highest BCUT2D eigenvalue weighted by atomic mass is 32.2. The van der Waals surface area contributed by atoms with Crippen molar-refractivity contribution in [3.8, 4) is 0 Å². The van der Waals surface area contributed by atoms with Crippen LogP contribution in [0.25, 0.3) is 0 Å². The van der Waals surface area contributed by atoms with Crippen LogP contribution in [0.4, 0.5) is 5.82 Å². The lowest BCUT2D eigenvalue weighted by Gasteiger charge is -2.05. The molecule has 0 aromatic carbocycles. The van der Waals surface area contributed by atoms with Crippen molar-refractivity contribution in [3.63, 3.8) is 0 Å². The summed E-state index contributed by atoms with van der Waals surface area (Å²) in [5.41, 5.74) is 0. The summed E-state index contributed by atoms with van der Waals surface area (Å²) in [5.74, 6) is 1.84. The molecule has 0 aliphatic rings. The van der Waals surface area contributed by atoms with E-state index in [2.05, 4.69) is 25.5 Å². The third kappa shape index (κ3) is 3.17. The number of nitrogens with one attached hydrogen (secondary N) is 1. The second kappa shape index (κ2) is 5.78. The average molecular weight is 267 g/mol. The molecular formula is C10H13N5O2S. The molecule has 0 amide bonds. The van der Waals surface area contributed by atoms with E-state index < -0.39 is 0 Å². The van der Waals surface area contributed by atoms with Crippen LogP contribution >= 0.6 is 11.8 Å². The Labute approximate surface area is 108 Å². The van der Waals surface area contributed by atoms with Gasteiger partial charge < -0.3 is 14.5 Å². The number of anilines is 1. The Morgan fingerprint density at radius 1 is 1.39 bits per heavy atom. The van der Waals surface area contributed by atoms with Gasteiger partial charge in [0.2, 0.25) is 5.89 Å². The standard InChI is InChI=1S/C10H13N5O2S/c1-6-14-15-10(17-6)18-9-4-7(11-2)12-8(13-9)5-16-3/h4H,5H2,1-3H3,(H,11,12,13). The fourth-order valence-electron chi connectivity index (χ4n) is 1.26. The Morgan fingerprint density at radius 2 is 2.22 bits per heavy atom. The molecule has 2 heterocycles. The second-order valence-electron chi connectivity index (χ2n) is 3.38. The lowest BCUT2D eigenvalue weighted by atomic mass is 10.5.